The molecule has 3 N–H and O–H groups in total. The number of halogens is 1. The molecule has 0 aromatic carbocycles. The summed E-state index contributed by atoms with van der Waals surface area (Å²) in [6, 6.07) is 15.9. The largest absolute Gasteiger partial charge is 0.482 e. The minimum absolute atomic E-state index is 0.00809. The van der Waals surface area contributed by atoms with Crippen molar-refractivity contribution in [1.82, 2.24) is 28.8 Å². The Morgan fingerprint density at radius 2 is 1.96 bits per heavy atom. The fraction of sp³-hybridized carbons (Fsp3) is 0.412. The highest BCUT2D eigenvalue weighted by Gasteiger charge is 2.47. The lowest BCUT2D eigenvalue weighted by Crippen LogP contribution is -2.40. The maximum Gasteiger partial charge on any atom is 0.254 e. The van der Waals surface area contributed by atoms with Gasteiger partial charge in [-0.2, -0.15) is 0 Å². The highest BCUT2D eigenvalue weighted by Crippen LogP contribution is 2.40. The number of nitrogens with one attached hydrogen (secondary N) is 1. The second kappa shape index (κ2) is 10.7. The summed E-state index contributed by atoms with van der Waals surface area (Å²) in [4.78, 5) is 30.5. The summed E-state index contributed by atoms with van der Waals surface area (Å²) in [6.07, 6.45) is 5.28. The van der Waals surface area contributed by atoms with Gasteiger partial charge in [0.15, 0.2) is 5.88 Å². The Hall–Kier alpha value is -4.15. The first kappa shape index (κ1) is 28.3. The normalized spacial score (nSPS) is 21.6. The van der Waals surface area contributed by atoms with Crippen LogP contribution in [0, 0.1) is 12.8 Å². The number of nitrogens with two attached hydrogens (primary N) is 1. The van der Waals surface area contributed by atoms with Gasteiger partial charge < -0.3 is 25.3 Å². The number of ether oxygens (including phenoxy) is 1. The number of fused-ring (bicyclic) bond motifs is 4. The van der Waals surface area contributed by atoms with E-state index < -0.39 is 0 Å². The number of hydrogen-bond donors (Lipinski definition) is 2. The lowest BCUT2D eigenvalue weighted by atomic mass is 9.97. The van der Waals surface area contributed by atoms with E-state index >= 15 is 0 Å². The van der Waals surface area contributed by atoms with Crippen LogP contribution in [-0.4, -0.2) is 60.0 Å². The Labute approximate surface area is 266 Å². The zero-order valence-electron chi connectivity index (χ0n) is 25.7. The number of imidazole rings is 1. The smallest absolute Gasteiger partial charge is 0.254 e. The van der Waals surface area contributed by atoms with Crippen LogP contribution in [0.25, 0.3) is 28.1 Å². The predicted octanol–water partition coefficient (Wildman–Crippen LogP) is 6.00. The molecular formula is C34H37ClN8O2. The monoisotopic (exact) mass is 624 g/mol. The number of carbonyl (C=O) groups is 1. The first-order valence-electron chi connectivity index (χ1n) is 15.8. The fourth-order valence-electron chi connectivity index (χ4n) is 7.40. The Kier molecular flexibility index (Phi) is 6.76. The van der Waals surface area contributed by atoms with Crippen molar-refractivity contribution in [3.05, 3.63) is 70.6 Å². The molecule has 45 heavy (non-hydrogen) atoms. The molecule has 2 bridgehead atoms. The number of aromatic nitrogens is 5. The predicted molar refractivity (Wildman–Crippen MR) is 175 cm³/mol. The molecule has 232 valence electrons. The van der Waals surface area contributed by atoms with E-state index in [1.165, 1.54) is 12.8 Å². The van der Waals surface area contributed by atoms with Crippen molar-refractivity contribution in [3.63, 3.8) is 0 Å². The van der Waals surface area contributed by atoms with E-state index in [9.17, 15) is 4.79 Å². The summed E-state index contributed by atoms with van der Waals surface area (Å²) in [5.41, 5.74) is 12.3. The molecule has 4 atom stereocenters. The van der Waals surface area contributed by atoms with Gasteiger partial charge in [-0.3, -0.25) is 9.20 Å². The van der Waals surface area contributed by atoms with Crippen LogP contribution in [0.1, 0.15) is 66.8 Å². The minimum Gasteiger partial charge on any atom is -0.482 e. The summed E-state index contributed by atoms with van der Waals surface area (Å²) in [5.74, 6) is 1.92. The number of nitrogens with zero attached hydrogens (tertiary/aromatic N) is 6. The molecule has 5 aromatic rings. The van der Waals surface area contributed by atoms with Gasteiger partial charge in [-0.1, -0.05) is 17.7 Å². The number of rotatable bonds is 8. The molecule has 2 aliphatic heterocycles. The van der Waals surface area contributed by atoms with Crippen molar-refractivity contribution in [2.75, 3.05) is 12.4 Å². The van der Waals surface area contributed by atoms with Crippen molar-refractivity contribution >= 4 is 40.0 Å². The van der Waals surface area contributed by atoms with E-state index in [4.69, 9.17) is 32.0 Å². The van der Waals surface area contributed by atoms with Crippen molar-refractivity contribution in [2.24, 2.45) is 11.7 Å². The number of pyridine rings is 3. The molecule has 7 heterocycles. The molecular weight excluding hydrogens is 588 g/mol. The maximum atomic E-state index is 13.8. The standard InChI is InChI=1S/C34H37ClN8O2/c1-18(37-29-6-4-5-28(35)39-29)25-11-9-21-13-27(41(33(21)38-25)17-20-7-8-20)32-19(2)42-30(40-32)14-22(15-31(42)45-3)34(44)43-23-10-12-26(43)24(36)16-23/h4-6,9,11,13-15,18,20,23-24,26H,7-8,10,12,16-17,36H2,1-3H3,(H,37,39)/t18-,23+,24-,26-/m1/s1. The van der Waals surface area contributed by atoms with Gasteiger partial charge in [0.2, 0.25) is 0 Å². The van der Waals surface area contributed by atoms with Crippen LogP contribution in [0.3, 0.4) is 0 Å². The summed E-state index contributed by atoms with van der Waals surface area (Å²) < 4.78 is 10.2. The average molecular weight is 625 g/mol. The first-order valence-corrected chi connectivity index (χ1v) is 16.2. The SMILES string of the molecule is COc1cc(C(=O)N2[C@H]3CC[C@@H]2[C@H](N)C3)cc2nc(-c3cc4ccc([C@@H](C)Nc5cccc(Cl)n5)nc4n3CC3CC3)c(C)n12. The van der Waals surface area contributed by atoms with Gasteiger partial charge in [0.25, 0.3) is 5.91 Å². The highest BCUT2D eigenvalue weighted by atomic mass is 35.5. The number of hydrogen-bond acceptors (Lipinski definition) is 7. The quantitative estimate of drug-likeness (QED) is 0.203. The molecule has 5 aromatic heterocycles. The molecule has 11 heteroatoms. The van der Waals surface area contributed by atoms with E-state index in [1.54, 1.807) is 13.2 Å². The lowest BCUT2D eigenvalue weighted by Gasteiger charge is -2.23. The average Bonchev–Trinajstić information content (AvgIpc) is 3.35. The third-order valence-electron chi connectivity index (χ3n) is 9.86. The van der Waals surface area contributed by atoms with Crippen molar-refractivity contribution in [3.8, 4) is 17.3 Å². The highest BCUT2D eigenvalue weighted by molar-refractivity contribution is 6.29. The van der Waals surface area contributed by atoms with E-state index in [0.717, 1.165) is 59.6 Å². The number of aryl methyl sites for hydroxylation is 1. The van der Waals surface area contributed by atoms with Crippen LogP contribution in [0.5, 0.6) is 5.88 Å². The van der Waals surface area contributed by atoms with Gasteiger partial charge in [0.05, 0.1) is 30.2 Å². The summed E-state index contributed by atoms with van der Waals surface area (Å²) in [5, 5.41) is 4.93. The zero-order valence-corrected chi connectivity index (χ0v) is 26.5. The van der Waals surface area contributed by atoms with Gasteiger partial charge in [-0.25, -0.2) is 15.0 Å². The molecule has 0 radical (unpaired) electrons. The fourth-order valence-corrected chi connectivity index (χ4v) is 7.56. The number of amides is 1. The second-order valence-corrected chi connectivity index (χ2v) is 13.3. The molecule has 10 nitrogen and oxygen atoms in total. The Morgan fingerprint density at radius 3 is 2.67 bits per heavy atom. The van der Waals surface area contributed by atoms with Crippen LogP contribution in [0.4, 0.5) is 5.82 Å². The van der Waals surface area contributed by atoms with Gasteiger partial charge >= 0.3 is 0 Å². The summed E-state index contributed by atoms with van der Waals surface area (Å²) >= 11 is 6.11. The molecule has 1 saturated carbocycles. The molecule has 3 fully saturated rings. The van der Waals surface area contributed by atoms with Crippen LogP contribution in [0.2, 0.25) is 5.15 Å². The van der Waals surface area contributed by atoms with E-state index in [1.807, 2.05) is 33.6 Å². The third-order valence-corrected chi connectivity index (χ3v) is 10.1. The molecule has 0 unspecified atom stereocenters. The van der Waals surface area contributed by atoms with E-state index in [2.05, 4.69) is 46.9 Å². The lowest BCUT2D eigenvalue weighted by molar-refractivity contribution is 0.0726. The number of anilines is 1. The van der Waals surface area contributed by atoms with Crippen molar-refractivity contribution in [1.29, 1.82) is 0 Å². The third kappa shape index (κ3) is 4.82. The molecule has 0 spiro atoms. The summed E-state index contributed by atoms with van der Waals surface area (Å²) in [7, 11) is 1.64. The van der Waals surface area contributed by atoms with Gasteiger partial charge in [0, 0.05) is 41.7 Å². The van der Waals surface area contributed by atoms with Crippen LogP contribution < -0.4 is 15.8 Å². The number of carbonyl (C=O) groups excluding carboxylic acids is 1. The molecule has 8 rings (SSSR count). The van der Waals surface area contributed by atoms with Gasteiger partial charge in [0.1, 0.15) is 28.0 Å². The molecule has 2 saturated heterocycles. The van der Waals surface area contributed by atoms with E-state index in [0.29, 0.717) is 34.0 Å². The van der Waals surface area contributed by atoms with E-state index in [-0.39, 0.29) is 30.1 Å². The Balaban J connectivity index is 1.19. The van der Waals surface area contributed by atoms with Crippen LogP contribution >= 0.6 is 11.6 Å². The molecule has 3 aliphatic rings. The van der Waals surface area contributed by atoms with Gasteiger partial charge in [-0.05, 0) is 88.3 Å². The van der Waals surface area contributed by atoms with Crippen molar-refractivity contribution in [2.45, 2.75) is 76.7 Å². The molecule has 1 amide bonds. The first-order chi connectivity index (χ1) is 21.8. The molecule has 1 aliphatic carbocycles. The Bertz CT molecular complexity index is 1960. The Morgan fingerprint density at radius 1 is 1.11 bits per heavy atom. The van der Waals surface area contributed by atoms with Crippen LogP contribution in [-0.2, 0) is 6.54 Å². The minimum atomic E-state index is -0.0781. The summed E-state index contributed by atoms with van der Waals surface area (Å²) in [6.45, 7) is 5.00. The zero-order chi connectivity index (χ0) is 31.0. The van der Waals surface area contributed by atoms with Crippen molar-refractivity contribution < 1.29 is 9.53 Å². The van der Waals surface area contributed by atoms with Gasteiger partial charge in [-0.15, -0.1) is 0 Å². The van der Waals surface area contributed by atoms with Crippen LogP contribution in [0.15, 0.2) is 48.5 Å². The maximum absolute atomic E-state index is 13.8. The topological polar surface area (TPSA) is 116 Å². The number of methoxy groups -OCH3 is 1. The second-order valence-electron chi connectivity index (χ2n) is 12.9.